The lowest BCUT2D eigenvalue weighted by Crippen LogP contribution is -2.50. The summed E-state index contributed by atoms with van der Waals surface area (Å²) in [5.41, 5.74) is 1.40. The smallest absolute Gasteiger partial charge is 0.265 e. The van der Waals surface area contributed by atoms with Crippen molar-refractivity contribution in [1.82, 2.24) is 10.1 Å². The van der Waals surface area contributed by atoms with E-state index < -0.39 is 5.41 Å². The molecule has 2 bridgehead atoms. The molecule has 2 saturated carbocycles. The van der Waals surface area contributed by atoms with Gasteiger partial charge in [-0.1, -0.05) is 49.4 Å². The molecule has 0 spiro atoms. The minimum absolute atomic E-state index is 0.0138. The van der Waals surface area contributed by atoms with Crippen LogP contribution in [0.4, 0.5) is 0 Å². The number of ketones is 1. The van der Waals surface area contributed by atoms with E-state index in [0.29, 0.717) is 35.3 Å². The van der Waals surface area contributed by atoms with Crippen molar-refractivity contribution in [1.29, 1.82) is 0 Å². The second kappa shape index (κ2) is 6.82. The molecule has 0 aliphatic heterocycles. The van der Waals surface area contributed by atoms with Crippen molar-refractivity contribution in [2.45, 2.75) is 32.4 Å². The van der Waals surface area contributed by atoms with Gasteiger partial charge in [0, 0.05) is 16.9 Å². The molecule has 1 aromatic carbocycles. The topological polar surface area (TPSA) is 75.8 Å². The van der Waals surface area contributed by atoms with Crippen LogP contribution in [0.1, 0.15) is 42.7 Å². The predicted molar refractivity (Wildman–Crippen MR) is 119 cm³/mol. The lowest BCUT2D eigenvalue weighted by atomic mass is 9.55. The first kappa shape index (κ1) is 19.8. The molecule has 6 nitrogen and oxygen atoms in total. The maximum atomic E-state index is 13.9. The quantitative estimate of drug-likeness (QED) is 0.714. The van der Waals surface area contributed by atoms with Gasteiger partial charge in [-0.25, -0.2) is 0 Å². The fraction of sp³-hybridized carbons (Fsp3) is 0.462. The summed E-state index contributed by atoms with van der Waals surface area (Å²) in [6.07, 6.45) is 6.39. The Morgan fingerprint density at radius 3 is 2.72 bits per heavy atom. The number of hydrogen-bond acceptors (Lipinski definition) is 6. The molecule has 166 valence electrons. The molecule has 6 rings (SSSR count). The number of Topliss-reactive ketones (excluding diaryl/α,β-unsaturated/α-hetero) is 1. The summed E-state index contributed by atoms with van der Waals surface area (Å²) in [5.74, 6) is 1.92. The van der Waals surface area contributed by atoms with Crippen molar-refractivity contribution in [3.8, 4) is 5.88 Å². The van der Waals surface area contributed by atoms with Crippen LogP contribution in [0.15, 0.2) is 52.6 Å². The highest BCUT2D eigenvalue weighted by molar-refractivity contribution is 6.06. The summed E-state index contributed by atoms with van der Waals surface area (Å²) in [5, 5.41) is 15.7. The van der Waals surface area contributed by atoms with Crippen LogP contribution in [0.25, 0.3) is 5.76 Å². The SMILES string of the molecule is CN(C)C1c2onc(OCc3ccccc3)c2C(O)=C2C(=O)[C@H]3[C@@H](C[C@]21C)[C@H]1C=C[C@@H]3C1. The van der Waals surface area contributed by atoms with Crippen molar-refractivity contribution >= 4 is 11.5 Å². The molecule has 1 unspecified atom stereocenters. The third-order valence-corrected chi connectivity index (χ3v) is 8.15. The van der Waals surface area contributed by atoms with Crippen molar-refractivity contribution in [3.63, 3.8) is 0 Å². The summed E-state index contributed by atoms with van der Waals surface area (Å²) < 4.78 is 11.8. The van der Waals surface area contributed by atoms with Crippen LogP contribution in [0.3, 0.4) is 0 Å². The molecule has 0 saturated heterocycles. The Balaban J connectivity index is 1.45. The first-order chi connectivity index (χ1) is 15.4. The van der Waals surface area contributed by atoms with E-state index in [0.717, 1.165) is 18.4 Å². The van der Waals surface area contributed by atoms with E-state index in [1.807, 2.05) is 44.4 Å². The van der Waals surface area contributed by atoms with E-state index in [9.17, 15) is 9.90 Å². The highest BCUT2D eigenvalue weighted by Crippen LogP contribution is 2.65. The molecule has 2 aromatic rings. The molecule has 2 fully saturated rings. The standard InChI is InChI=1S/C26H28N2O4/c1-26-12-17-15-9-10-16(11-15)18(17)21(29)20(26)22(30)19-23(24(26)28(2)3)32-27-25(19)31-13-14-7-5-4-6-8-14/h4-10,15-18,24,30H,11-13H2,1-3H3/t15-,16+,17-,18+,24?,26+/m0/s1. The van der Waals surface area contributed by atoms with Gasteiger partial charge in [-0.2, -0.15) is 0 Å². The normalized spacial score (nSPS) is 34.6. The van der Waals surface area contributed by atoms with Gasteiger partial charge in [0.05, 0.1) is 6.04 Å². The zero-order valence-electron chi connectivity index (χ0n) is 18.6. The number of carbonyl (C=O) groups excluding carboxylic acids is 1. The van der Waals surface area contributed by atoms with E-state index >= 15 is 0 Å². The minimum atomic E-state index is -0.548. The summed E-state index contributed by atoms with van der Waals surface area (Å²) in [7, 11) is 3.98. The third kappa shape index (κ3) is 2.56. The van der Waals surface area contributed by atoms with Crippen LogP contribution < -0.4 is 4.74 Å². The van der Waals surface area contributed by atoms with Crippen molar-refractivity contribution in [2.24, 2.45) is 29.1 Å². The minimum Gasteiger partial charge on any atom is -0.507 e. The van der Waals surface area contributed by atoms with Crippen molar-refractivity contribution in [3.05, 3.63) is 64.9 Å². The Hall–Kier alpha value is -2.86. The van der Waals surface area contributed by atoms with Gasteiger partial charge in [0.15, 0.2) is 11.5 Å². The van der Waals surface area contributed by atoms with E-state index in [-0.39, 0.29) is 35.3 Å². The summed E-state index contributed by atoms with van der Waals surface area (Å²) in [4.78, 5) is 16.0. The number of allylic oxidation sites excluding steroid dienone is 2. The monoisotopic (exact) mass is 432 g/mol. The van der Waals surface area contributed by atoms with Gasteiger partial charge >= 0.3 is 0 Å². The number of aliphatic hydroxyl groups is 1. The number of aromatic nitrogens is 1. The predicted octanol–water partition coefficient (Wildman–Crippen LogP) is 4.56. The summed E-state index contributed by atoms with van der Waals surface area (Å²) in [6.45, 7) is 2.41. The van der Waals surface area contributed by atoms with Gasteiger partial charge in [-0.3, -0.25) is 9.69 Å². The fourth-order valence-electron chi connectivity index (χ4n) is 7.00. The molecule has 4 aliphatic rings. The largest absolute Gasteiger partial charge is 0.507 e. The molecule has 1 heterocycles. The van der Waals surface area contributed by atoms with Gasteiger partial charge in [-0.05, 0) is 55.4 Å². The van der Waals surface area contributed by atoms with Crippen molar-refractivity contribution < 1.29 is 19.2 Å². The number of ether oxygens (including phenoxy) is 1. The van der Waals surface area contributed by atoms with Crippen LogP contribution >= 0.6 is 0 Å². The maximum Gasteiger partial charge on any atom is 0.265 e. The van der Waals surface area contributed by atoms with Crippen LogP contribution in [0, 0.1) is 29.1 Å². The highest BCUT2D eigenvalue weighted by Gasteiger charge is 2.62. The third-order valence-electron chi connectivity index (χ3n) is 8.15. The number of nitrogens with zero attached hydrogens (tertiary/aromatic N) is 2. The Bertz CT molecular complexity index is 1150. The Labute approximate surface area is 187 Å². The number of carbonyl (C=O) groups is 1. The summed E-state index contributed by atoms with van der Waals surface area (Å²) >= 11 is 0. The lowest BCUT2D eigenvalue weighted by molar-refractivity contribution is -0.127. The zero-order valence-corrected chi connectivity index (χ0v) is 18.6. The number of aliphatic hydroxyl groups excluding tert-OH is 1. The van der Waals surface area contributed by atoms with Gasteiger partial charge in [0.25, 0.3) is 5.88 Å². The molecular formula is C26H28N2O4. The maximum absolute atomic E-state index is 13.9. The molecule has 6 heteroatoms. The van der Waals surface area contributed by atoms with Gasteiger partial charge < -0.3 is 14.4 Å². The molecule has 0 radical (unpaired) electrons. The van der Waals surface area contributed by atoms with Gasteiger partial charge in [-0.15, -0.1) is 0 Å². The molecule has 0 amide bonds. The van der Waals surface area contributed by atoms with Gasteiger partial charge in [0.1, 0.15) is 17.9 Å². The van der Waals surface area contributed by atoms with Crippen molar-refractivity contribution in [2.75, 3.05) is 14.1 Å². The number of fused-ring (bicyclic) bond motifs is 7. The average molecular weight is 433 g/mol. The number of benzene rings is 1. The van der Waals surface area contributed by atoms with E-state index in [4.69, 9.17) is 9.26 Å². The van der Waals surface area contributed by atoms with Gasteiger partial charge in [0.2, 0.25) is 0 Å². The second-order valence-electron chi connectivity index (χ2n) is 10.2. The fourth-order valence-corrected chi connectivity index (χ4v) is 7.00. The Kier molecular flexibility index (Phi) is 4.22. The molecule has 32 heavy (non-hydrogen) atoms. The molecule has 1 aromatic heterocycles. The molecule has 6 atom stereocenters. The van der Waals surface area contributed by atoms with Crippen LogP contribution in [-0.4, -0.2) is 35.0 Å². The van der Waals surface area contributed by atoms with Crippen LogP contribution in [0.5, 0.6) is 5.88 Å². The number of rotatable bonds is 4. The molecule has 4 aliphatic carbocycles. The first-order valence-corrected chi connectivity index (χ1v) is 11.4. The zero-order chi connectivity index (χ0) is 22.2. The Morgan fingerprint density at radius 2 is 1.97 bits per heavy atom. The second-order valence-corrected chi connectivity index (χ2v) is 10.2. The highest BCUT2D eigenvalue weighted by atomic mass is 16.5. The van der Waals surface area contributed by atoms with E-state index in [1.165, 1.54) is 0 Å². The van der Waals surface area contributed by atoms with Crippen LogP contribution in [-0.2, 0) is 11.4 Å². The van der Waals surface area contributed by atoms with Crippen LogP contribution in [0.2, 0.25) is 0 Å². The Morgan fingerprint density at radius 1 is 1.22 bits per heavy atom. The average Bonchev–Trinajstić information content (AvgIpc) is 3.47. The van der Waals surface area contributed by atoms with E-state index in [1.54, 1.807) is 0 Å². The lowest BCUT2D eigenvalue weighted by Gasteiger charge is -2.50. The summed E-state index contributed by atoms with van der Waals surface area (Å²) in [6, 6.07) is 9.58. The first-order valence-electron chi connectivity index (χ1n) is 11.4. The molecule has 1 N–H and O–H groups in total. The number of hydrogen-bond donors (Lipinski definition) is 1. The van der Waals surface area contributed by atoms with E-state index in [2.05, 4.69) is 29.1 Å². The molecular weight excluding hydrogens is 404 g/mol.